The molecule has 1 aliphatic rings. The van der Waals surface area contributed by atoms with Gasteiger partial charge in [-0.15, -0.1) is 0 Å². The lowest BCUT2D eigenvalue weighted by Gasteiger charge is -2.36. The van der Waals surface area contributed by atoms with Crippen LogP contribution in [0.5, 0.6) is 0 Å². The van der Waals surface area contributed by atoms with Gasteiger partial charge >= 0.3 is 0 Å². The highest BCUT2D eigenvalue weighted by molar-refractivity contribution is 9.10. The van der Waals surface area contributed by atoms with E-state index in [0.717, 1.165) is 25.2 Å². The minimum absolute atomic E-state index is 0.165. The van der Waals surface area contributed by atoms with Gasteiger partial charge in [0.1, 0.15) is 10.3 Å². The third-order valence-corrected chi connectivity index (χ3v) is 4.82. The number of aromatic nitrogens is 3. The Balaban J connectivity index is 1.99. The van der Waals surface area contributed by atoms with E-state index >= 15 is 0 Å². The molecule has 6 nitrogen and oxygen atoms in total. The van der Waals surface area contributed by atoms with Crippen LogP contribution < -0.4 is 15.8 Å². The fraction of sp³-hybridized carbons (Fsp3) is 0.438. The van der Waals surface area contributed by atoms with Gasteiger partial charge in [-0.25, -0.2) is 4.98 Å². The van der Waals surface area contributed by atoms with E-state index in [1.54, 1.807) is 12.4 Å². The highest BCUT2D eigenvalue weighted by Gasteiger charge is 2.25. The first-order chi connectivity index (χ1) is 11.1. The van der Waals surface area contributed by atoms with Crippen molar-refractivity contribution in [3.63, 3.8) is 0 Å². The highest BCUT2D eigenvalue weighted by atomic mass is 79.9. The first-order valence-corrected chi connectivity index (χ1v) is 8.54. The van der Waals surface area contributed by atoms with Gasteiger partial charge < -0.3 is 15.2 Å². The van der Waals surface area contributed by atoms with Crippen molar-refractivity contribution in [2.75, 3.05) is 24.5 Å². The lowest BCUT2D eigenvalue weighted by molar-refractivity contribution is 0.367. The van der Waals surface area contributed by atoms with Crippen molar-refractivity contribution in [3.05, 3.63) is 39.4 Å². The van der Waals surface area contributed by atoms with Gasteiger partial charge in [-0.1, -0.05) is 13.8 Å². The van der Waals surface area contributed by atoms with Gasteiger partial charge in [-0.05, 0) is 34.0 Å². The average Bonchev–Trinajstić information content (AvgIpc) is 2.58. The number of hydrogen-bond acceptors (Lipinski definition) is 5. The normalized spacial score (nSPS) is 18.4. The summed E-state index contributed by atoms with van der Waals surface area (Å²) in [4.78, 5) is 26.0. The molecule has 0 aromatic carbocycles. The number of halogens is 1. The van der Waals surface area contributed by atoms with Gasteiger partial charge in [0.25, 0.3) is 5.56 Å². The van der Waals surface area contributed by atoms with Crippen LogP contribution in [0.2, 0.25) is 0 Å². The second-order valence-electron chi connectivity index (χ2n) is 6.04. The van der Waals surface area contributed by atoms with Crippen molar-refractivity contribution in [3.8, 4) is 11.4 Å². The molecule has 1 aliphatic heterocycles. The van der Waals surface area contributed by atoms with Crippen LogP contribution in [-0.4, -0.2) is 40.6 Å². The minimum atomic E-state index is -0.165. The molecule has 3 rings (SSSR count). The van der Waals surface area contributed by atoms with Gasteiger partial charge in [0.2, 0.25) is 0 Å². The molecule has 1 saturated heterocycles. The zero-order chi connectivity index (χ0) is 16.4. The van der Waals surface area contributed by atoms with Crippen LogP contribution in [0.15, 0.2) is 33.8 Å². The molecular formula is C16H20BrN5O. The van der Waals surface area contributed by atoms with Crippen LogP contribution in [0.4, 0.5) is 5.82 Å². The summed E-state index contributed by atoms with van der Waals surface area (Å²) >= 11 is 3.40. The van der Waals surface area contributed by atoms with E-state index in [0.29, 0.717) is 28.1 Å². The SMILES string of the molecule is CC(C)[C@H]1CN(c2nc(-c3ccncc3)[nH]c(=O)c2Br)CCN1. The molecule has 0 aliphatic carbocycles. The van der Waals surface area contributed by atoms with E-state index in [-0.39, 0.29) is 5.56 Å². The highest BCUT2D eigenvalue weighted by Crippen LogP contribution is 2.25. The number of nitrogens with zero attached hydrogens (tertiary/aromatic N) is 3. The molecule has 3 heterocycles. The Morgan fingerprint density at radius 3 is 2.78 bits per heavy atom. The maximum atomic E-state index is 12.3. The average molecular weight is 378 g/mol. The summed E-state index contributed by atoms with van der Waals surface area (Å²) in [5, 5.41) is 3.52. The van der Waals surface area contributed by atoms with Crippen molar-refractivity contribution in [1.29, 1.82) is 0 Å². The van der Waals surface area contributed by atoms with Crippen LogP contribution in [-0.2, 0) is 0 Å². The number of piperazine rings is 1. The van der Waals surface area contributed by atoms with Crippen LogP contribution in [0, 0.1) is 5.92 Å². The number of anilines is 1. The molecule has 0 saturated carbocycles. The molecule has 1 fully saturated rings. The fourth-order valence-electron chi connectivity index (χ4n) is 2.72. The Kier molecular flexibility index (Phi) is 4.77. The summed E-state index contributed by atoms with van der Waals surface area (Å²) < 4.78 is 0.486. The van der Waals surface area contributed by atoms with Gasteiger partial charge in [-0.3, -0.25) is 9.78 Å². The monoisotopic (exact) mass is 377 g/mol. The second-order valence-corrected chi connectivity index (χ2v) is 6.83. The van der Waals surface area contributed by atoms with Crippen molar-refractivity contribution in [1.82, 2.24) is 20.3 Å². The second kappa shape index (κ2) is 6.80. The molecule has 2 aromatic heterocycles. The third-order valence-electron chi connectivity index (χ3n) is 4.11. The predicted molar refractivity (Wildman–Crippen MR) is 94.6 cm³/mol. The largest absolute Gasteiger partial charge is 0.353 e. The third kappa shape index (κ3) is 3.45. The van der Waals surface area contributed by atoms with Crippen LogP contribution in [0.1, 0.15) is 13.8 Å². The Bertz CT molecular complexity index is 731. The minimum Gasteiger partial charge on any atom is -0.353 e. The first-order valence-electron chi connectivity index (χ1n) is 7.75. The molecule has 0 amide bonds. The summed E-state index contributed by atoms with van der Waals surface area (Å²) in [7, 11) is 0. The number of hydrogen-bond donors (Lipinski definition) is 2. The molecule has 2 N–H and O–H groups in total. The molecule has 122 valence electrons. The summed E-state index contributed by atoms with van der Waals surface area (Å²) in [6.07, 6.45) is 3.38. The zero-order valence-corrected chi connectivity index (χ0v) is 14.8. The topological polar surface area (TPSA) is 73.9 Å². The number of H-pyrrole nitrogens is 1. The number of aromatic amines is 1. The van der Waals surface area contributed by atoms with Crippen LogP contribution in [0.25, 0.3) is 11.4 Å². The van der Waals surface area contributed by atoms with E-state index < -0.39 is 0 Å². The molecule has 0 bridgehead atoms. The quantitative estimate of drug-likeness (QED) is 0.855. The molecule has 0 spiro atoms. The van der Waals surface area contributed by atoms with Gasteiger partial charge in [0.05, 0.1) is 0 Å². The molecule has 0 unspecified atom stereocenters. The van der Waals surface area contributed by atoms with Crippen molar-refractivity contribution >= 4 is 21.7 Å². The van der Waals surface area contributed by atoms with E-state index in [1.807, 2.05) is 12.1 Å². The Hall–Kier alpha value is -1.73. The first kappa shape index (κ1) is 16.1. The summed E-state index contributed by atoms with van der Waals surface area (Å²) in [5.41, 5.74) is 0.683. The van der Waals surface area contributed by atoms with E-state index in [1.165, 1.54) is 0 Å². The molecule has 0 radical (unpaired) electrons. The molecule has 2 aromatic rings. The van der Waals surface area contributed by atoms with Crippen molar-refractivity contribution < 1.29 is 0 Å². The standard InChI is InChI=1S/C16H20BrN5O/c1-10(2)12-9-22(8-7-19-12)15-13(17)16(23)21-14(20-15)11-3-5-18-6-4-11/h3-6,10,12,19H,7-9H2,1-2H3,(H,20,21,23)/t12-/m1/s1. The van der Waals surface area contributed by atoms with Gasteiger partial charge in [0, 0.05) is 43.6 Å². The maximum absolute atomic E-state index is 12.3. The van der Waals surface area contributed by atoms with Crippen LogP contribution in [0.3, 0.4) is 0 Å². The van der Waals surface area contributed by atoms with E-state index in [4.69, 9.17) is 0 Å². The number of nitrogens with one attached hydrogen (secondary N) is 2. The lowest BCUT2D eigenvalue weighted by atomic mass is 10.0. The predicted octanol–water partition coefficient (Wildman–Crippen LogP) is 2.03. The maximum Gasteiger partial charge on any atom is 0.267 e. The molecular weight excluding hydrogens is 358 g/mol. The molecule has 23 heavy (non-hydrogen) atoms. The lowest BCUT2D eigenvalue weighted by Crippen LogP contribution is -2.53. The summed E-state index contributed by atoms with van der Waals surface area (Å²) in [5.74, 6) is 1.79. The summed E-state index contributed by atoms with van der Waals surface area (Å²) in [6.45, 7) is 6.94. The molecule has 1 atom stereocenters. The summed E-state index contributed by atoms with van der Waals surface area (Å²) in [6, 6.07) is 4.07. The van der Waals surface area contributed by atoms with E-state index in [9.17, 15) is 4.79 Å². The van der Waals surface area contributed by atoms with Crippen LogP contribution >= 0.6 is 15.9 Å². The van der Waals surface area contributed by atoms with Crippen molar-refractivity contribution in [2.45, 2.75) is 19.9 Å². The molecule has 7 heteroatoms. The fourth-order valence-corrected chi connectivity index (χ4v) is 3.16. The Morgan fingerprint density at radius 2 is 2.09 bits per heavy atom. The van der Waals surface area contributed by atoms with Gasteiger partial charge in [-0.2, -0.15) is 0 Å². The van der Waals surface area contributed by atoms with Crippen molar-refractivity contribution in [2.24, 2.45) is 5.92 Å². The smallest absolute Gasteiger partial charge is 0.267 e. The Morgan fingerprint density at radius 1 is 1.35 bits per heavy atom. The van der Waals surface area contributed by atoms with E-state index in [2.05, 4.69) is 54.9 Å². The van der Waals surface area contributed by atoms with Gasteiger partial charge in [0.15, 0.2) is 5.82 Å². The number of pyridine rings is 1. The number of rotatable bonds is 3. The zero-order valence-electron chi connectivity index (χ0n) is 13.2. The Labute approximate surface area is 143 Å².